The van der Waals surface area contributed by atoms with Crippen LogP contribution in [0, 0.1) is 6.92 Å². The maximum atomic E-state index is 13.0. The number of nitrogens with one attached hydrogen (secondary N) is 2. The first kappa shape index (κ1) is 24.6. The molecule has 3 rings (SSSR count). The van der Waals surface area contributed by atoms with E-state index in [0.29, 0.717) is 43.4 Å². The Kier molecular flexibility index (Phi) is 7.97. The van der Waals surface area contributed by atoms with Crippen LogP contribution in [0.1, 0.15) is 52.7 Å². The van der Waals surface area contributed by atoms with Gasteiger partial charge >= 0.3 is 6.09 Å². The highest BCUT2D eigenvalue weighted by atomic mass is 32.2. The molecule has 0 spiro atoms. The second-order valence-electron chi connectivity index (χ2n) is 8.29. The van der Waals surface area contributed by atoms with E-state index in [1.165, 1.54) is 5.56 Å². The molecule has 0 aromatic heterocycles. The van der Waals surface area contributed by atoms with Gasteiger partial charge in [-0.3, -0.25) is 9.52 Å². The first-order chi connectivity index (χ1) is 15.7. The van der Waals surface area contributed by atoms with Crippen LogP contribution in [0.15, 0.2) is 42.5 Å². The van der Waals surface area contributed by atoms with Gasteiger partial charge in [0.05, 0.1) is 18.6 Å². The number of carbonyl (C=O) groups is 2. The molecule has 0 radical (unpaired) electrons. The summed E-state index contributed by atoms with van der Waals surface area (Å²) in [5.41, 5.74) is 3.88. The fraction of sp³-hybridized carbons (Fsp3) is 0.417. The Morgan fingerprint density at radius 1 is 1.09 bits per heavy atom. The third-order valence-electron chi connectivity index (χ3n) is 5.73. The third kappa shape index (κ3) is 6.95. The van der Waals surface area contributed by atoms with E-state index in [9.17, 15) is 18.0 Å². The van der Waals surface area contributed by atoms with Gasteiger partial charge in [-0.1, -0.05) is 30.3 Å². The van der Waals surface area contributed by atoms with Crippen molar-refractivity contribution >= 4 is 27.7 Å². The molecule has 0 aliphatic carbocycles. The van der Waals surface area contributed by atoms with Gasteiger partial charge in [-0.2, -0.15) is 0 Å². The maximum absolute atomic E-state index is 13.0. The number of hydrogen-bond donors (Lipinski definition) is 2. The Morgan fingerprint density at radius 3 is 2.36 bits per heavy atom. The maximum Gasteiger partial charge on any atom is 0.407 e. The van der Waals surface area contributed by atoms with Gasteiger partial charge in [-0.15, -0.1) is 0 Å². The van der Waals surface area contributed by atoms with Crippen LogP contribution in [0.3, 0.4) is 0 Å². The number of nitrogens with zero attached hydrogens (tertiary/aromatic N) is 1. The van der Waals surface area contributed by atoms with Crippen molar-refractivity contribution in [2.24, 2.45) is 0 Å². The average Bonchev–Trinajstić information content (AvgIpc) is 2.78. The average molecular weight is 474 g/mol. The minimum absolute atomic E-state index is 0.0922. The predicted octanol–water partition coefficient (Wildman–Crippen LogP) is 3.63. The number of sulfonamides is 1. The second kappa shape index (κ2) is 10.7. The zero-order valence-corrected chi connectivity index (χ0v) is 20.1. The quantitative estimate of drug-likeness (QED) is 0.639. The van der Waals surface area contributed by atoms with Crippen LogP contribution in [0.4, 0.5) is 10.5 Å². The lowest BCUT2D eigenvalue weighted by Gasteiger charge is -2.32. The Balaban J connectivity index is 1.57. The van der Waals surface area contributed by atoms with Crippen molar-refractivity contribution in [1.29, 1.82) is 0 Å². The SMILES string of the molecule is CCOC(=O)NCc1ccc(C2CCN(C(=O)c3ccc(C)c(NS(C)(=O)=O)c3)CC2)cc1. The summed E-state index contributed by atoms with van der Waals surface area (Å²) in [4.78, 5) is 26.2. The normalized spacial score (nSPS) is 14.6. The minimum Gasteiger partial charge on any atom is -0.450 e. The molecular formula is C24H31N3O5S. The predicted molar refractivity (Wildman–Crippen MR) is 128 cm³/mol. The Labute approximate surface area is 195 Å². The Morgan fingerprint density at radius 2 is 1.76 bits per heavy atom. The summed E-state index contributed by atoms with van der Waals surface area (Å²) in [6.07, 6.45) is 2.38. The van der Waals surface area contributed by atoms with Gasteiger partial charge in [0, 0.05) is 25.2 Å². The summed E-state index contributed by atoms with van der Waals surface area (Å²) in [5, 5.41) is 2.71. The van der Waals surface area contributed by atoms with E-state index in [2.05, 4.69) is 22.2 Å². The molecule has 178 valence electrons. The summed E-state index contributed by atoms with van der Waals surface area (Å²) >= 11 is 0. The van der Waals surface area contributed by atoms with Gasteiger partial charge < -0.3 is 15.0 Å². The summed E-state index contributed by atoms with van der Waals surface area (Å²) in [6.45, 7) is 5.59. The van der Waals surface area contributed by atoms with Crippen molar-refractivity contribution in [1.82, 2.24) is 10.2 Å². The smallest absolute Gasteiger partial charge is 0.407 e. The van der Waals surface area contributed by atoms with Crippen LogP contribution >= 0.6 is 0 Å². The monoisotopic (exact) mass is 473 g/mol. The summed E-state index contributed by atoms with van der Waals surface area (Å²) in [5.74, 6) is 0.270. The molecule has 1 aliphatic heterocycles. The number of hydrogen-bond acceptors (Lipinski definition) is 5. The number of benzene rings is 2. The van der Waals surface area contributed by atoms with Crippen LogP contribution in [0.25, 0.3) is 0 Å². The summed E-state index contributed by atoms with van der Waals surface area (Å²) < 4.78 is 30.5. The second-order valence-corrected chi connectivity index (χ2v) is 10.0. The van der Waals surface area contributed by atoms with Crippen LogP contribution in [0.5, 0.6) is 0 Å². The highest BCUT2D eigenvalue weighted by molar-refractivity contribution is 7.92. The van der Waals surface area contributed by atoms with Crippen LogP contribution in [-0.4, -0.2) is 51.3 Å². The molecule has 2 amide bonds. The Bertz CT molecular complexity index is 1090. The summed E-state index contributed by atoms with van der Waals surface area (Å²) in [7, 11) is -3.42. The van der Waals surface area contributed by atoms with Gasteiger partial charge in [0.2, 0.25) is 10.0 Å². The molecule has 1 aliphatic rings. The largest absolute Gasteiger partial charge is 0.450 e. The molecule has 2 aromatic carbocycles. The topological polar surface area (TPSA) is 105 Å². The first-order valence-corrected chi connectivity index (χ1v) is 12.9. The number of alkyl carbamates (subject to hydrolysis) is 1. The standard InChI is InChI=1S/C24H31N3O5S/c1-4-32-24(29)25-16-18-6-9-19(10-7-18)20-11-13-27(14-12-20)23(28)21-8-5-17(2)22(15-21)26-33(3,30)31/h5-10,15,20,26H,4,11-14,16H2,1-3H3,(H,25,29). The highest BCUT2D eigenvalue weighted by Crippen LogP contribution is 2.29. The number of piperidine rings is 1. The van der Waals surface area contributed by atoms with Gasteiger partial charge in [0.25, 0.3) is 5.91 Å². The number of anilines is 1. The van der Waals surface area contributed by atoms with E-state index < -0.39 is 16.1 Å². The van der Waals surface area contributed by atoms with E-state index in [1.807, 2.05) is 17.0 Å². The number of aryl methyl sites for hydroxylation is 1. The van der Waals surface area contributed by atoms with Crippen molar-refractivity contribution in [3.63, 3.8) is 0 Å². The molecule has 0 saturated carbocycles. The number of carbonyl (C=O) groups excluding carboxylic acids is 2. The highest BCUT2D eigenvalue weighted by Gasteiger charge is 2.25. The molecule has 1 saturated heterocycles. The lowest BCUT2D eigenvalue weighted by molar-refractivity contribution is 0.0713. The number of rotatable bonds is 7. The molecule has 2 N–H and O–H groups in total. The minimum atomic E-state index is -3.42. The molecule has 0 unspecified atom stereocenters. The van der Waals surface area contributed by atoms with Crippen molar-refractivity contribution in [2.75, 3.05) is 30.7 Å². The number of amides is 2. The van der Waals surface area contributed by atoms with Crippen LogP contribution < -0.4 is 10.0 Å². The number of ether oxygens (including phenoxy) is 1. The Hall–Kier alpha value is -3.07. The van der Waals surface area contributed by atoms with Gasteiger partial charge in [0.15, 0.2) is 0 Å². The first-order valence-electron chi connectivity index (χ1n) is 11.0. The molecule has 1 heterocycles. The van der Waals surface area contributed by atoms with Crippen LogP contribution in [-0.2, 0) is 21.3 Å². The third-order valence-corrected chi connectivity index (χ3v) is 6.32. The zero-order chi connectivity index (χ0) is 24.0. The van der Waals surface area contributed by atoms with E-state index in [4.69, 9.17) is 4.74 Å². The van der Waals surface area contributed by atoms with Crippen molar-refractivity contribution in [3.05, 3.63) is 64.7 Å². The number of likely N-dealkylation sites (tertiary alicyclic amines) is 1. The molecule has 0 atom stereocenters. The van der Waals surface area contributed by atoms with Crippen molar-refractivity contribution in [3.8, 4) is 0 Å². The van der Waals surface area contributed by atoms with E-state index in [-0.39, 0.29) is 5.91 Å². The molecule has 33 heavy (non-hydrogen) atoms. The fourth-order valence-corrected chi connectivity index (χ4v) is 4.55. The van der Waals surface area contributed by atoms with E-state index in [1.54, 1.807) is 32.0 Å². The van der Waals surface area contributed by atoms with E-state index >= 15 is 0 Å². The van der Waals surface area contributed by atoms with Crippen LogP contribution in [0.2, 0.25) is 0 Å². The van der Waals surface area contributed by atoms with E-state index in [0.717, 1.165) is 30.2 Å². The van der Waals surface area contributed by atoms with Crippen molar-refractivity contribution < 1.29 is 22.7 Å². The van der Waals surface area contributed by atoms with Crippen molar-refractivity contribution in [2.45, 2.75) is 39.2 Å². The fourth-order valence-electron chi connectivity index (χ4n) is 3.93. The lowest BCUT2D eigenvalue weighted by Crippen LogP contribution is -2.38. The lowest BCUT2D eigenvalue weighted by atomic mass is 9.88. The molecule has 0 bridgehead atoms. The van der Waals surface area contributed by atoms with Gasteiger partial charge in [-0.05, 0) is 61.4 Å². The van der Waals surface area contributed by atoms with Gasteiger partial charge in [0.1, 0.15) is 0 Å². The van der Waals surface area contributed by atoms with Gasteiger partial charge in [-0.25, -0.2) is 13.2 Å². The molecule has 1 fully saturated rings. The molecule has 8 nitrogen and oxygen atoms in total. The molecule has 9 heteroatoms. The molecular weight excluding hydrogens is 442 g/mol. The molecule has 2 aromatic rings. The summed E-state index contributed by atoms with van der Waals surface area (Å²) in [6, 6.07) is 13.3. The zero-order valence-electron chi connectivity index (χ0n) is 19.3.